The summed E-state index contributed by atoms with van der Waals surface area (Å²) < 4.78 is 5.21. The van der Waals surface area contributed by atoms with Crippen LogP contribution in [0.25, 0.3) is 0 Å². The number of nitrogens with two attached hydrogens (primary N) is 1. The fourth-order valence-electron chi connectivity index (χ4n) is 3.74. The van der Waals surface area contributed by atoms with E-state index in [-0.39, 0.29) is 12.3 Å². The molecule has 160 valence electrons. The quantitative estimate of drug-likeness (QED) is 0.676. The van der Waals surface area contributed by atoms with Gasteiger partial charge in [0.15, 0.2) is 0 Å². The Kier molecular flexibility index (Phi) is 7.65. The van der Waals surface area contributed by atoms with Gasteiger partial charge in [0, 0.05) is 32.2 Å². The second kappa shape index (κ2) is 9.56. The maximum absolute atomic E-state index is 12.9. The van der Waals surface area contributed by atoms with Crippen molar-refractivity contribution in [2.24, 2.45) is 5.73 Å². The molecule has 2 rings (SSSR count). The molecule has 9 nitrogen and oxygen atoms in total. The molecule has 1 atom stereocenters. The minimum Gasteiger partial charge on any atom is -0.444 e. The Morgan fingerprint density at radius 1 is 1.07 bits per heavy atom. The highest BCUT2D eigenvalue weighted by atomic mass is 16.6. The normalized spacial score (nSPS) is 21.2. The van der Waals surface area contributed by atoms with E-state index in [1.54, 1.807) is 25.7 Å². The zero-order valence-electron chi connectivity index (χ0n) is 17.6. The predicted octanol–water partition coefficient (Wildman–Crippen LogP) is -0.00650. The van der Waals surface area contributed by atoms with Crippen LogP contribution in [0.15, 0.2) is 0 Å². The van der Waals surface area contributed by atoms with Gasteiger partial charge in [-0.05, 0) is 53.8 Å². The lowest BCUT2D eigenvalue weighted by Gasteiger charge is -2.42. The van der Waals surface area contributed by atoms with E-state index in [1.165, 1.54) is 0 Å². The first-order valence-electron chi connectivity index (χ1n) is 10.0. The van der Waals surface area contributed by atoms with Crippen molar-refractivity contribution in [2.75, 3.05) is 46.3 Å². The van der Waals surface area contributed by atoms with Crippen molar-refractivity contribution >= 4 is 17.9 Å². The molecule has 2 aliphatic rings. The van der Waals surface area contributed by atoms with Crippen molar-refractivity contribution in [3.63, 3.8) is 0 Å². The smallest absolute Gasteiger partial charge is 0.408 e. The van der Waals surface area contributed by atoms with Crippen molar-refractivity contribution in [1.82, 2.24) is 20.0 Å². The molecule has 2 heterocycles. The summed E-state index contributed by atoms with van der Waals surface area (Å²) in [7, 11) is 2.14. The highest BCUT2D eigenvalue weighted by molar-refractivity contribution is 5.90. The predicted molar refractivity (Wildman–Crippen MR) is 106 cm³/mol. The van der Waals surface area contributed by atoms with Crippen LogP contribution in [0.1, 0.15) is 40.0 Å². The number of amides is 3. The van der Waals surface area contributed by atoms with E-state index in [2.05, 4.69) is 22.2 Å². The van der Waals surface area contributed by atoms with E-state index in [9.17, 15) is 14.4 Å². The van der Waals surface area contributed by atoms with Gasteiger partial charge < -0.3 is 25.6 Å². The third-order valence-corrected chi connectivity index (χ3v) is 5.22. The molecule has 0 saturated carbocycles. The number of primary amides is 1. The number of carbonyl (C=O) groups excluding carboxylic acids is 3. The maximum atomic E-state index is 12.9. The molecule has 0 radical (unpaired) electrons. The molecule has 0 aromatic heterocycles. The van der Waals surface area contributed by atoms with Gasteiger partial charge in [-0.1, -0.05) is 0 Å². The number of hydrogen-bond acceptors (Lipinski definition) is 6. The molecule has 0 unspecified atom stereocenters. The molecule has 0 aliphatic carbocycles. The number of carbonyl (C=O) groups is 3. The number of rotatable bonds is 5. The Labute approximate surface area is 167 Å². The Morgan fingerprint density at radius 2 is 1.64 bits per heavy atom. The number of hydrogen-bond donors (Lipinski definition) is 2. The fourth-order valence-corrected chi connectivity index (χ4v) is 3.74. The number of ether oxygens (including phenoxy) is 1. The highest BCUT2D eigenvalue weighted by Crippen LogP contribution is 2.18. The van der Waals surface area contributed by atoms with Crippen LogP contribution in [0.4, 0.5) is 4.79 Å². The standard InChI is InChI=1S/C19H35N5O4/c1-19(2,3)28-18(27)21-15(13-16(20)25)17(26)24-11-9-23(10-12-24)14-5-7-22(4)8-6-14/h14-15H,5-13H2,1-4H3,(H2,20,25)(H,21,27)/t15-/m1/s1. The maximum Gasteiger partial charge on any atom is 0.408 e. The molecular weight excluding hydrogens is 362 g/mol. The summed E-state index contributed by atoms with van der Waals surface area (Å²) in [5.41, 5.74) is 4.59. The van der Waals surface area contributed by atoms with E-state index in [1.807, 2.05) is 0 Å². The molecule has 3 amide bonds. The third kappa shape index (κ3) is 6.94. The SMILES string of the molecule is CN1CCC(N2CCN(C(=O)[C@@H](CC(N)=O)NC(=O)OC(C)(C)C)CC2)CC1. The Morgan fingerprint density at radius 3 is 2.14 bits per heavy atom. The lowest BCUT2D eigenvalue weighted by atomic mass is 10.0. The molecular formula is C19H35N5O4. The van der Waals surface area contributed by atoms with Crippen molar-refractivity contribution in [3.05, 3.63) is 0 Å². The lowest BCUT2D eigenvalue weighted by Crippen LogP contribution is -2.58. The van der Waals surface area contributed by atoms with E-state index in [0.717, 1.165) is 39.0 Å². The molecule has 0 spiro atoms. The van der Waals surface area contributed by atoms with Crippen LogP contribution in [0.3, 0.4) is 0 Å². The second-order valence-electron chi connectivity index (χ2n) is 8.76. The number of alkyl carbamates (subject to hydrolysis) is 1. The van der Waals surface area contributed by atoms with Crippen molar-refractivity contribution in [2.45, 2.75) is 57.7 Å². The van der Waals surface area contributed by atoms with Gasteiger partial charge in [0.05, 0.1) is 6.42 Å². The van der Waals surface area contributed by atoms with Crippen LogP contribution in [-0.4, -0.2) is 96.6 Å². The average molecular weight is 398 g/mol. The van der Waals surface area contributed by atoms with E-state index >= 15 is 0 Å². The summed E-state index contributed by atoms with van der Waals surface area (Å²) in [5.74, 6) is -0.924. The zero-order valence-corrected chi connectivity index (χ0v) is 17.6. The van der Waals surface area contributed by atoms with Crippen LogP contribution in [0, 0.1) is 0 Å². The van der Waals surface area contributed by atoms with E-state index < -0.39 is 23.6 Å². The summed E-state index contributed by atoms with van der Waals surface area (Å²) in [6.45, 7) is 10.2. The summed E-state index contributed by atoms with van der Waals surface area (Å²) in [6, 6.07) is -0.433. The molecule has 0 aromatic carbocycles. The first kappa shape index (κ1) is 22.4. The van der Waals surface area contributed by atoms with Gasteiger partial charge in [0.2, 0.25) is 11.8 Å². The van der Waals surface area contributed by atoms with Gasteiger partial charge in [-0.3, -0.25) is 14.5 Å². The topological polar surface area (TPSA) is 108 Å². The van der Waals surface area contributed by atoms with Crippen LogP contribution in [-0.2, 0) is 14.3 Å². The van der Waals surface area contributed by atoms with Crippen LogP contribution >= 0.6 is 0 Å². The molecule has 0 aromatic rings. The molecule has 3 N–H and O–H groups in total. The second-order valence-corrected chi connectivity index (χ2v) is 8.76. The monoisotopic (exact) mass is 397 g/mol. The minimum absolute atomic E-state index is 0.243. The van der Waals surface area contributed by atoms with Gasteiger partial charge in [-0.2, -0.15) is 0 Å². The third-order valence-electron chi connectivity index (χ3n) is 5.22. The van der Waals surface area contributed by atoms with Crippen LogP contribution in [0.2, 0.25) is 0 Å². The number of piperidine rings is 1. The van der Waals surface area contributed by atoms with Crippen molar-refractivity contribution < 1.29 is 19.1 Å². The molecule has 2 aliphatic heterocycles. The summed E-state index contributed by atoms with van der Waals surface area (Å²) in [4.78, 5) is 42.8. The van der Waals surface area contributed by atoms with Gasteiger partial charge in [0.25, 0.3) is 0 Å². The van der Waals surface area contributed by atoms with Gasteiger partial charge in [-0.25, -0.2) is 4.79 Å². The zero-order chi connectivity index (χ0) is 20.9. The molecule has 2 fully saturated rings. The summed E-state index contributed by atoms with van der Waals surface area (Å²) >= 11 is 0. The first-order valence-corrected chi connectivity index (χ1v) is 10.0. The van der Waals surface area contributed by atoms with Crippen molar-refractivity contribution in [3.8, 4) is 0 Å². The Bertz CT molecular complexity index is 561. The van der Waals surface area contributed by atoms with Crippen LogP contribution in [0.5, 0.6) is 0 Å². The lowest BCUT2D eigenvalue weighted by molar-refractivity contribution is -0.137. The van der Waals surface area contributed by atoms with Crippen LogP contribution < -0.4 is 11.1 Å². The van der Waals surface area contributed by atoms with Gasteiger partial charge >= 0.3 is 6.09 Å². The van der Waals surface area contributed by atoms with Gasteiger partial charge in [0.1, 0.15) is 11.6 Å². The number of likely N-dealkylation sites (tertiary alicyclic amines) is 1. The number of piperazine rings is 1. The molecule has 28 heavy (non-hydrogen) atoms. The molecule has 0 bridgehead atoms. The minimum atomic E-state index is -0.998. The van der Waals surface area contributed by atoms with E-state index in [0.29, 0.717) is 19.1 Å². The van der Waals surface area contributed by atoms with Crippen molar-refractivity contribution in [1.29, 1.82) is 0 Å². The summed E-state index contributed by atoms with van der Waals surface area (Å²) in [6.07, 6.45) is 1.33. The fraction of sp³-hybridized carbons (Fsp3) is 0.842. The Balaban J connectivity index is 1.90. The first-order chi connectivity index (χ1) is 13.0. The number of nitrogens with one attached hydrogen (secondary N) is 1. The Hall–Kier alpha value is -1.87. The van der Waals surface area contributed by atoms with E-state index in [4.69, 9.17) is 10.5 Å². The average Bonchev–Trinajstić information content (AvgIpc) is 2.59. The summed E-state index contributed by atoms with van der Waals surface area (Å²) in [5, 5.41) is 2.51. The highest BCUT2D eigenvalue weighted by Gasteiger charge is 2.33. The largest absolute Gasteiger partial charge is 0.444 e. The molecule has 2 saturated heterocycles. The number of nitrogens with zero attached hydrogens (tertiary/aromatic N) is 3. The van der Waals surface area contributed by atoms with Gasteiger partial charge in [-0.15, -0.1) is 0 Å². The molecule has 9 heteroatoms.